The van der Waals surface area contributed by atoms with E-state index in [1.807, 2.05) is 0 Å². The van der Waals surface area contributed by atoms with Crippen molar-refractivity contribution in [2.75, 3.05) is 34.2 Å². The largest absolute Gasteiger partial charge is 0.311 e. The molecule has 1 fully saturated rings. The second kappa shape index (κ2) is 7.46. The van der Waals surface area contributed by atoms with E-state index < -0.39 is 0 Å². The number of rotatable bonds is 7. The van der Waals surface area contributed by atoms with Gasteiger partial charge in [-0.3, -0.25) is 0 Å². The molecule has 18 heavy (non-hydrogen) atoms. The van der Waals surface area contributed by atoms with E-state index >= 15 is 0 Å². The Morgan fingerprint density at radius 3 is 2.28 bits per heavy atom. The Kier molecular flexibility index (Phi) is 6.61. The maximum Gasteiger partial charge on any atom is 0.0242 e. The molecule has 0 aliphatic carbocycles. The van der Waals surface area contributed by atoms with Gasteiger partial charge in [0.05, 0.1) is 0 Å². The summed E-state index contributed by atoms with van der Waals surface area (Å²) in [6.07, 6.45) is 3.85. The van der Waals surface area contributed by atoms with Crippen molar-refractivity contribution in [2.24, 2.45) is 5.92 Å². The van der Waals surface area contributed by atoms with Gasteiger partial charge in [-0.15, -0.1) is 0 Å². The third kappa shape index (κ3) is 4.22. The summed E-state index contributed by atoms with van der Waals surface area (Å²) in [6, 6.07) is 2.08. The summed E-state index contributed by atoms with van der Waals surface area (Å²) in [5, 5.41) is 3.79. The molecule has 3 atom stereocenters. The molecule has 0 amide bonds. The smallest absolute Gasteiger partial charge is 0.0242 e. The Balaban J connectivity index is 2.43. The van der Waals surface area contributed by atoms with Gasteiger partial charge in [-0.2, -0.15) is 0 Å². The number of hydrogen-bond donors (Lipinski definition) is 1. The topological polar surface area (TPSA) is 18.5 Å². The van der Waals surface area contributed by atoms with Gasteiger partial charge >= 0.3 is 0 Å². The Hall–Kier alpha value is -0.120. The molecule has 1 heterocycles. The predicted molar refractivity (Wildman–Crippen MR) is 80.0 cm³/mol. The van der Waals surface area contributed by atoms with Gasteiger partial charge in [-0.1, -0.05) is 26.7 Å². The molecule has 1 rings (SSSR count). The lowest BCUT2D eigenvalue weighted by Gasteiger charge is -2.32. The van der Waals surface area contributed by atoms with Crippen molar-refractivity contribution in [3.8, 4) is 0 Å². The van der Waals surface area contributed by atoms with Crippen molar-refractivity contribution in [1.82, 2.24) is 15.1 Å². The highest BCUT2D eigenvalue weighted by molar-refractivity contribution is 4.87. The average molecular weight is 255 g/mol. The first-order chi connectivity index (χ1) is 8.49. The van der Waals surface area contributed by atoms with Crippen molar-refractivity contribution in [1.29, 1.82) is 0 Å². The Morgan fingerprint density at radius 1 is 1.28 bits per heavy atom. The molecule has 0 radical (unpaired) electrons. The van der Waals surface area contributed by atoms with Crippen molar-refractivity contribution >= 4 is 0 Å². The van der Waals surface area contributed by atoms with Gasteiger partial charge in [0.1, 0.15) is 0 Å². The van der Waals surface area contributed by atoms with Crippen LogP contribution < -0.4 is 5.32 Å². The summed E-state index contributed by atoms with van der Waals surface area (Å²) in [5.41, 5.74) is 0. The minimum absolute atomic E-state index is 0.668. The van der Waals surface area contributed by atoms with Gasteiger partial charge < -0.3 is 15.1 Å². The minimum Gasteiger partial charge on any atom is -0.311 e. The number of hydrogen-bond acceptors (Lipinski definition) is 3. The Morgan fingerprint density at radius 2 is 1.89 bits per heavy atom. The maximum atomic E-state index is 3.79. The summed E-state index contributed by atoms with van der Waals surface area (Å²) in [6.45, 7) is 9.28. The highest BCUT2D eigenvalue weighted by Crippen LogP contribution is 2.18. The summed E-state index contributed by atoms with van der Waals surface area (Å²) >= 11 is 0. The highest BCUT2D eigenvalue weighted by Gasteiger charge is 2.27. The quantitative estimate of drug-likeness (QED) is 0.751. The zero-order chi connectivity index (χ0) is 13.7. The minimum atomic E-state index is 0.668. The number of likely N-dealkylation sites (tertiary alicyclic amines) is 1. The van der Waals surface area contributed by atoms with Crippen LogP contribution in [0.2, 0.25) is 0 Å². The number of likely N-dealkylation sites (N-methyl/N-ethyl adjacent to an activating group) is 2. The first-order valence-corrected chi connectivity index (χ1v) is 7.59. The molecule has 1 aliphatic heterocycles. The number of nitrogens with one attached hydrogen (secondary N) is 1. The molecule has 0 aromatic carbocycles. The molecule has 1 saturated heterocycles. The van der Waals surface area contributed by atoms with E-state index in [1.165, 1.54) is 25.8 Å². The molecule has 3 heteroatoms. The predicted octanol–water partition coefficient (Wildman–Crippen LogP) is 2.04. The fraction of sp³-hybridized carbons (Fsp3) is 1.00. The van der Waals surface area contributed by atoms with Gasteiger partial charge in [0, 0.05) is 31.2 Å². The lowest BCUT2D eigenvalue weighted by Crippen LogP contribution is -2.46. The van der Waals surface area contributed by atoms with Gasteiger partial charge in [0.25, 0.3) is 0 Å². The molecule has 108 valence electrons. The van der Waals surface area contributed by atoms with Crippen LogP contribution in [0.5, 0.6) is 0 Å². The molecule has 3 unspecified atom stereocenters. The summed E-state index contributed by atoms with van der Waals surface area (Å²) in [5.74, 6) is 0.809. The van der Waals surface area contributed by atoms with Crippen LogP contribution in [0, 0.1) is 5.92 Å². The monoisotopic (exact) mass is 255 g/mol. The second-order valence-corrected chi connectivity index (χ2v) is 6.24. The number of nitrogens with zero attached hydrogens (tertiary/aromatic N) is 2. The summed E-state index contributed by atoms with van der Waals surface area (Å²) < 4.78 is 0. The van der Waals surface area contributed by atoms with E-state index in [0.29, 0.717) is 12.1 Å². The van der Waals surface area contributed by atoms with Crippen LogP contribution in [0.25, 0.3) is 0 Å². The molecule has 3 nitrogen and oxygen atoms in total. The SMILES string of the molecule is CCC(CC)C(CNC1CC(C)N(C)C1)N(C)C. The molecule has 1 N–H and O–H groups in total. The lowest BCUT2D eigenvalue weighted by atomic mass is 9.93. The second-order valence-electron chi connectivity index (χ2n) is 6.24. The third-order valence-electron chi connectivity index (χ3n) is 4.76. The highest BCUT2D eigenvalue weighted by atomic mass is 15.2. The standard InChI is InChI=1S/C15H33N3/c1-7-13(8-2)15(17(4)5)10-16-14-9-12(3)18(6)11-14/h12-16H,7-11H2,1-6H3. The van der Waals surface area contributed by atoms with Gasteiger partial charge in [0.15, 0.2) is 0 Å². The first kappa shape index (κ1) is 15.9. The summed E-state index contributed by atoms with van der Waals surface area (Å²) in [4.78, 5) is 4.85. The first-order valence-electron chi connectivity index (χ1n) is 7.59. The van der Waals surface area contributed by atoms with E-state index in [4.69, 9.17) is 0 Å². The zero-order valence-corrected chi connectivity index (χ0v) is 13.2. The fourth-order valence-corrected chi connectivity index (χ4v) is 3.23. The Labute approximate surface area is 114 Å². The Bertz CT molecular complexity index is 216. The van der Waals surface area contributed by atoms with Crippen LogP contribution in [-0.2, 0) is 0 Å². The van der Waals surface area contributed by atoms with Crippen LogP contribution in [0.1, 0.15) is 40.0 Å². The molecule has 1 aliphatic rings. The van der Waals surface area contributed by atoms with Gasteiger partial charge in [0.2, 0.25) is 0 Å². The van der Waals surface area contributed by atoms with Gasteiger partial charge in [-0.05, 0) is 40.4 Å². The van der Waals surface area contributed by atoms with Crippen LogP contribution in [0.4, 0.5) is 0 Å². The van der Waals surface area contributed by atoms with E-state index in [1.54, 1.807) is 0 Å². The van der Waals surface area contributed by atoms with Crippen LogP contribution >= 0.6 is 0 Å². The molecule has 0 bridgehead atoms. The fourth-order valence-electron chi connectivity index (χ4n) is 3.23. The van der Waals surface area contributed by atoms with Crippen LogP contribution in [-0.4, -0.2) is 62.2 Å². The average Bonchev–Trinajstić information content (AvgIpc) is 2.63. The van der Waals surface area contributed by atoms with Gasteiger partial charge in [-0.25, -0.2) is 0 Å². The van der Waals surface area contributed by atoms with Crippen LogP contribution in [0.15, 0.2) is 0 Å². The molecule has 0 saturated carbocycles. The molecular formula is C15H33N3. The van der Waals surface area contributed by atoms with Crippen molar-refractivity contribution in [2.45, 2.75) is 58.2 Å². The van der Waals surface area contributed by atoms with Crippen molar-refractivity contribution in [3.05, 3.63) is 0 Å². The molecule has 0 aromatic heterocycles. The van der Waals surface area contributed by atoms with E-state index in [-0.39, 0.29) is 0 Å². The molecule has 0 spiro atoms. The third-order valence-corrected chi connectivity index (χ3v) is 4.76. The zero-order valence-electron chi connectivity index (χ0n) is 13.2. The summed E-state index contributed by atoms with van der Waals surface area (Å²) in [7, 11) is 6.67. The normalized spacial score (nSPS) is 27.3. The lowest BCUT2D eigenvalue weighted by molar-refractivity contribution is 0.189. The van der Waals surface area contributed by atoms with E-state index in [2.05, 4.69) is 57.0 Å². The molecular weight excluding hydrogens is 222 g/mol. The van der Waals surface area contributed by atoms with E-state index in [9.17, 15) is 0 Å². The molecule has 0 aromatic rings. The van der Waals surface area contributed by atoms with Crippen LogP contribution in [0.3, 0.4) is 0 Å². The van der Waals surface area contributed by atoms with Crippen molar-refractivity contribution < 1.29 is 0 Å². The maximum absolute atomic E-state index is 3.79. The van der Waals surface area contributed by atoms with Crippen molar-refractivity contribution in [3.63, 3.8) is 0 Å². The van der Waals surface area contributed by atoms with E-state index in [0.717, 1.165) is 18.5 Å².